The number of aryl methyl sites for hydroxylation is 1. The molecule has 0 bridgehead atoms. The first kappa shape index (κ1) is 17.3. The van der Waals surface area contributed by atoms with Crippen molar-refractivity contribution in [1.82, 2.24) is 14.8 Å². The molecule has 2 saturated heterocycles. The van der Waals surface area contributed by atoms with E-state index >= 15 is 0 Å². The van der Waals surface area contributed by atoms with Crippen LogP contribution in [0, 0.1) is 12.7 Å². The van der Waals surface area contributed by atoms with Crippen LogP contribution in [-0.2, 0) is 4.74 Å². The largest absolute Gasteiger partial charge is 0.390 e. The zero-order valence-corrected chi connectivity index (χ0v) is 14.7. The molecular weight excluding hydrogens is 337 g/mol. The maximum absolute atomic E-state index is 13.5. The molecule has 6 nitrogen and oxygen atoms in total. The van der Waals surface area contributed by atoms with Crippen molar-refractivity contribution in [2.45, 2.75) is 19.1 Å². The molecule has 0 aliphatic carbocycles. The lowest BCUT2D eigenvalue weighted by Gasteiger charge is -2.33. The van der Waals surface area contributed by atoms with Gasteiger partial charge in [-0.1, -0.05) is 0 Å². The number of aliphatic hydroxyl groups is 1. The second kappa shape index (κ2) is 6.90. The summed E-state index contributed by atoms with van der Waals surface area (Å²) in [5.41, 5.74) is 1.64. The van der Waals surface area contributed by atoms with Gasteiger partial charge in [0.15, 0.2) is 0 Å². The fourth-order valence-electron chi connectivity index (χ4n) is 3.88. The predicted octanol–water partition coefficient (Wildman–Crippen LogP) is 1.20. The van der Waals surface area contributed by atoms with Crippen molar-refractivity contribution in [2.75, 3.05) is 39.4 Å². The van der Waals surface area contributed by atoms with Gasteiger partial charge < -0.3 is 14.7 Å². The second-order valence-corrected chi connectivity index (χ2v) is 6.97. The summed E-state index contributed by atoms with van der Waals surface area (Å²) < 4.78 is 18.9. The molecule has 7 heteroatoms. The van der Waals surface area contributed by atoms with Gasteiger partial charge in [0.2, 0.25) is 0 Å². The number of pyridine rings is 1. The summed E-state index contributed by atoms with van der Waals surface area (Å²) in [5, 5.41) is 11.1. The number of fused-ring (bicyclic) bond motifs is 1. The lowest BCUT2D eigenvalue weighted by atomic mass is 10.1. The van der Waals surface area contributed by atoms with Gasteiger partial charge in [-0.3, -0.25) is 14.7 Å². The zero-order chi connectivity index (χ0) is 18.3. The monoisotopic (exact) mass is 359 g/mol. The molecule has 0 unspecified atom stereocenters. The number of ether oxygens (including phenoxy) is 1. The molecule has 2 aliphatic rings. The van der Waals surface area contributed by atoms with E-state index in [2.05, 4.69) is 9.88 Å². The third kappa shape index (κ3) is 3.18. The number of carbonyl (C=O) groups is 1. The number of aromatic nitrogens is 1. The number of carbonyl (C=O) groups excluding carboxylic acids is 1. The summed E-state index contributed by atoms with van der Waals surface area (Å²) in [5.74, 6) is -0.528. The molecule has 2 atom stereocenters. The molecule has 1 aromatic heterocycles. The molecule has 4 rings (SSSR count). The van der Waals surface area contributed by atoms with Crippen LogP contribution in [0.15, 0.2) is 24.3 Å². The molecule has 1 aromatic carbocycles. The van der Waals surface area contributed by atoms with E-state index < -0.39 is 6.10 Å². The molecule has 1 amide bonds. The van der Waals surface area contributed by atoms with Crippen LogP contribution in [0.2, 0.25) is 0 Å². The number of rotatable bonds is 2. The molecule has 2 aliphatic heterocycles. The Hall–Kier alpha value is -2.09. The number of aliphatic hydroxyl groups excluding tert-OH is 1. The highest BCUT2D eigenvalue weighted by molar-refractivity contribution is 6.06. The quantitative estimate of drug-likeness (QED) is 0.873. The van der Waals surface area contributed by atoms with E-state index in [0.717, 1.165) is 13.1 Å². The Kier molecular flexibility index (Phi) is 4.60. The van der Waals surface area contributed by atoms with Crippen molar-refractivity contribution in [1.29, 1.82) is 0 Å². The highest BCUT2D eigenvalue weighted by atomic mass is 19.1. The van der Waals surface area contributed by atoms with Gasteiger partial charge in [-0.15, -0.1) is 0 Å². The SMILES string of the molecule is Cc1cc(C(=O)N2C[C@H](O)[C@@H](N3CCOCC3)C2)c2ccc(F)cc2n1. The highest BCUT2D eigenvalue weighted by Gasteiger charge is 2.38. The number of nitrogens with zero attached hydrogens (tertiary/aromatic N) is 3. The zero-order valence-electron chi connectivity index (χ0n) is 14.7. The Morgan fingerprint density at radius 3 is 2.81 bits per heavy atom. The fraction of sp³-hybridized carbons (Fsp3) is 0.474. The Bertz CT molecular complexity index is 833. The third-order valence-corrected chi connectivity index (χ3v) is 5.19. The minimum atomic E-state index is -0.580. The summed E-state index contributed by atoms with van der Waals surface area (Å²) in [6.45, 7) is 5.39. The van der Waals surface area contributed by atoms with E-state index in [4.69, 9.17) is 4.74 Å². The van der Waals surface area contributed by atoms with Gasteiger partial charge in [0.25, 0.3) is 5.91 Å². The second-order valence-electron chi connectivity index (χ2n) is 6.97. The molecule has 2 fully saturated rings. The molecule has 0 radical (unpaired) electrons. The molecular formula is C19H22FN3O3. The van der Waals surface area contributed by atoms with E-state index in [1.807, 2.05) is 0 Å². The standard InChI is InChI=1S/C19H22FN3O3/c1-12-8-15(14-3-2-13(20)9-16(14)21-12)19(25)23-10-17(18(24)11-23)22-4-6-26-7-5-22/h2-3,8-9,17-18,24H,4-7,10-11H2,1H3/t17-,18-/m0/s1. The minimum absolute atomic E-state index is 0.0745. The molecule has 2 aromatic rings. The fourth-order valence-corrected chi connectivity index (χ4v) is 3.88. The Labute approximate surface area is 151 Å². The Balaban J connectivity index is 1.61. The molecule has 138 valence electrons. The maximum Gasteiger partial charge on any atom is 0.254 e. The van der Waals surface area contributed by atoms with Crippen LogP contribution in [0.1, 0.15) is 16.1 Å². The molecule has 0 spiro atoms. The molecule has 1 N–H and O–H groups in total. The maximum atomic E-state index is 13.5. The van der Waals surface area contributed by atoms with Gasteiger partial charge in [-0.2, -0.15) is 0 Å². The van der Waals surface area contributed by atoms with Crippen LogP contribution in [0.3, 0.4) is 0 Å². The minimum Gasteiger partial charge on any atom is -0.390 e. The summed E-state index contributed by atoms with van der Waals surface area (Å²) in [6, 6.07) is 5.93. The van der Waals surface area contributed by atoms with Crippen molar-refractivity contribution in [2.24, 2.45) is 0 Å². The Morgan fingerprint density at radius 1 is 1.27 bits per heavy atom. The summed E-state index contributed by atoms with van der Waals surface area (Å²) in [4.78, 5) is 21.3. The smallest absolute Gasteiger partial charge is 0.254 e. The average Bonchev–Trinajstić information content (AvgIpc) is 3.02. The number of benzene rings is 1. The van der Waals surface area contributed by atoms with Gasteiger partial charge in [0.05, 0.1) is 36.4 Å². The first-order chi connectivity index (χ1) is 12.5. The number of β-amino-alcohol motifs (C(OH)–C–C–N with tert-alkyl or cyclic N) is 1. The van der Waals surface area contributed by atoms with Gasteiger partial charge >= 0.3 is 0 Å². The average molecular weight is 359 g/mol. The topological polar surface area (TPSA) is 65.9 Å². The van der Waals surface area contributed by atoms with E-state index in [-0.39, 0.29) is 17.8 Å². The van der Waals surface area contributed by atoms with Crippen LogP contribution >= 0.6 is 0 Å². The van der Waals surface area contributed by atoms with Crippen molar-refractivity contribution in [3.63, 3.8) is 0 Å². The normalized spacial score (nSPS) is 24.3. The number of morpholine rings is 1. The number of amides is 1. The predicted molar refractivity (Wildman–Crippen MR) is 94.5 cm³/mol. The van der Waals surface area contributed by atoms with E-state index in [9.17, 15) is 14.3 Å². The van der Waals surface area contributed by atoms with E-state index in [1.165, 1.54) is 12.1 Å². The number of likely N-dealkylation sites (tertiary alicyclic amines) is 1. The summed E-state index contributed by atoms with van der Waals surface area (Å²) >= 11 is 0. The molecule has 0 saturated carbocycles. The lowest BCUT2D eigenvalue weighted by molar-refractivity contribution is -0.00611. The van der Waals surface area contributed by atoms with Gasteiger partial charge in [-0.05, 0) is 25.1 Å². The van der Waals surface area contributed by atoms with Crippen molar-refractivity contribution in [3.8, 4) is 0 Å². The van der Waals surface area contributed by atoms with Crippen LogP contribution in [0.25, 0.3) is 10.9 Å². The first-order valence-electron chi connectivity index (χ1n) is 8.89. The lowest BCUT2D eigenvalue weighted by Crippen LogP contribution is -2.49. The van der Waals surface area contributed by atoms with Crippen molar-refractivity contribution >= 4 is 16.8 Å². The van der Waals surface area contributed by atoms with Crippen LogP contribution in [0.5, 0.6) is 0 Å². The number of hydrogen-bond acceptors (Lipinski definition) is 5. The summed E-state index contributed by atoms with van der Waals surface area (Å²) in [6.07, 6.45) is -0.580. The van der Waals surface area contributed by atoms with E-state index in [1.54, 1.807) is 24.0 Å². The van der Waals surface area contributed by atoms with Crippen LogP contribution < -0.4 is 0 Å². The Morgan fingerprint density at radius 2 is 2.04 bits per heavy atom. The first-order valence-corrected chi connectivity index (χ1v) is 8.89. The molecule has 3 heterocycles. The third-order valence-electron chi connectivity index (χ3n) is 5.19. The van der Waals surface area contributed by atoms with Gasteiger partial charge in [0.1, 0.15) is 5.82 Å². The van der Waals surface area contributed by atoms with Crippen LogP contribution in [-0.4, -0.2) is 77.3 Å². The summed E-state index contributed by atoms with van der Waals surface area (Å²) in [7, 11) is 0. The number of halogens is 1. The van der Waals surface area contributed by atoms with Crippen molar-refractivity contribution < 1.29 is 19.0 Å². The van der Waals surface area contributed by atoms with E-state index in [0.29, 0.717) is 48.5 Å². The van der Waals surface area contributed by atoms with Crippen LogP contribution in [0.4, 0.5) is 4.39 Å². The van der Waals surface area contributed by atoms with Gasteiger partial charge in [0, 0.05) is 43.3 Å². The highest BCUT2D eigenvalue weighted by Crippen LogP contribution is 2.24. The number of hydrogen-bond donors (Lipinski definition) is 1. The van der Waals surface area contributed by atoms with Gasteiger partial charge in [-0.25, -0.2) is 4.39 Å². The molecule has 26 heavy (non-hydrogen) atoms. The van der Waals surface area contributed by atoms with Crippen molar-refractivity contribution in [3.05, 3.63) is 41.3 Å².